The number of nitrogens with zero attached hydrogens (tertiary/aromatic N) is 2. The summed E-state index contributed by atoms with van der Waals surface area (Å²) in [5.41, 5.74) is 2.30. The van der Waals surface area contributed by atoms with Gasteiger partial charge in [-0.2, -0.15) is 0 Å². The molecule has 2 amide bonds. The van der Waals surface area contributed by atoms with E-state index in [9.17, 15) is 22.4 Å². The largest absolute Gasteiger partial charge is 0.303 e. The molecule has 0 aliphatic carbocycles. The van der Waals surface area contributed by atoms with Gasteiger partial charge in [-0.05, 0) is 30.2 Å². The topological polar surface area (TPSA) is 74.8 Å². The zero-order valence-corrected chi connectivity index (χ0v) is 19.1. The number of hydrogen-bond donors (Lipinski definition) is 0. The van der Waals surface area contributed by atoms with Crippen LogP contribution in [0.5, 0.6) is 0 Å². The molecule has 10 heteroatoms. The van der Waals surface area contributed by atoms with Crippen LogP contribution >= 0.6 is 24.0 Å². The number of anilines is 1. The Balaban J connectivity index is 1.53. The van der Waals surface area contributed by atoms with Gasteiger partial charge in [-0.3, -0.25) is 14.5 Å². The van der Waals surface area contributed by atoms with Gasteiger partial charge < -0.3 is 4.90 Å². The molecule has 3 aliphatic heterocycles. The van der Waals surface area contributed by atoms with Gasteiger partial charge in [-0.25, -0.2) is 12.8 Å². The third-order valence-electron chi connectivity index (χ3n) is 5.78. The molecular formula is C22H17FN2O4S3. The molecular weight excluding hydrogens is 471 g/mol. The maximum absolute atomic E-state index is 13.5. The molecule has 2 aromatic rings. The highest BCUT2D eigenvalue weighted by molar-refractivity contribution is 8.26. The molecule has 0 aromatic heterocycles. The van der Waals surface area contributed by atoms with Crippen molar-refractivity contribution in [3.63, 3.8) is 0 Å². The number of rotatable bonds is 3. The Morgan fingerprint density at radius 1 is 1.06 bits per heavy atom. The van der Waals surface area contributed by atoms with Crippen LogP contribution in [0.2, 0.25) is 0 Å². The SMILES string of the molecule is O=C1/C(=C2/SC(=S)N([C@@H]3CCS(=O)(=O)C3)C2=O)c2ccccc2N1Cc1ccc(F)cc1. The molecule has 0 unspecified atom stereocenters. The highest BCUT2D eigenvalue weighted by Gasteiger charge is 2.46. The van der Waals surface area contributed by atoms with Gasteiger partial charge in [0, 0.05) is 5.56 Å². The Hall–Kier alpha value is -2.56. The van der Waals surface area contributed by atoms with E-state index >= 15 is 0 Å². The maximum atomic E-state index is 13.5. The van der Waals surface area contributed by atoms with E-state index < -0.39 is 21.8 Å². The Kier molecular flexibility index (Phi) is 5.18. The van der Waals surface area contributed by atoms with E-state index in [0.717, 1.165) is 17.3 Å². The summed E-state index contributed by atoms with van der Waals surface area (Å²) < 4.78 is 37.4. The summed E-state index contributed by atoms with van der Waals surface area (Å²) in [5, 5.41) is 0. The fraction of sp³-hybridized carbons (Fsp3) is 0.227. The van der Waals surface area contributed by atoms with Gasteiger partial charge in [-0.1, -0.05) is 54.3 Å². The van der Waals surface area contributed by atoms with Crippen LogP contribution in [0.25, 0.3) is 5.57 Å². The van der Waals surface area contributed by atoms with Crippen molar-refractivity contribution in [1.29, 1.82) is 0 Å². The summed E-state index contributed by atoms with van der Waals surface area (Å²) in [6, 6.07) is 12.6. The minimum Gasteiger partial charge on any atom is -0.303 e. The number of amides is 2. The molecule has 32 heavy (non-hydrogen) atoms. The first-order valence-electron chi connectivity index (χ1n) is 9.91. The van der Waals surface area contributed by atoms with Crippen molar-refractivity contribution in [2.75, 3.05) is 16.4 Å². The molecule has 0 radical (unpaired) electrons. The number of thiocarbonyl (C=S) groups is 1. The molecule has 2 aromatic carbocycles. The van der Waals surface area contributed by atoms with E-state index in [4.69, 9.17) is 12.2 Å². The average Bonchev–Trinajstić information content (AvgIpc) is 3.35. The lowest BCUT2D eigenvalue weighted by molar-refractivity contribution is -0.123. The van der Waals surface area contributed by atoms with Gasteiger partial charge in [-0.15, -0.1) is 0 Å². The Labute approximate surface area is 194 Å². The summed E-state index contributed by atoms with van der Waals surface area (Å²) in [4.78, 5) is 29.9. The lowest BCUT2D eigenvalue weighted by atomic mass is 10.1. The third kappa shape index (κ3) is 3.56. The number of hydrogen-bond acceptors (Lipinski definition) is 6. The molecule has 0 spiro atoms. The molecule has 2 saturated heterocycles. The number of para-hydroxylation sites is 1. The van der Waals surface area contributed by atoms with Crippen LogP contribution in [0.3, 0.4) is 0 Å². The summed E-state index contributed by atoms with van der Waals surface area (Å²) in [7, 11) is -3.20. The molecule has 164 valence electrons. The molecule has 1 atom stereocenters. The van der Waals surface area contributed by atoms with Crippen molar-refractivity contribution in [2.24, 2.45) is 0 Å². The predicted molar refractivity (Wildman–Crippen MR) is 125 cm³/mol. The number of fused-ring (bicyclic) bond motifs is 1. The molecule has 2 fully saturated rings. The van der Waals surface area contributed by atoms with Crippen LogP contribution in [0.15, 0.2) is 53.4 Å². The molecule has 3 aliphatic rings. The number of halogens is 1. The van der Waals surface area contributed by atoms with Crippen LogP contribution in [0.1, 0.15) is 17.5 Å². The second-order valence-electron chi connectivity index (χ2n) is 7.84. The molecule has 3 heterocycles. The highest BCUT2D eigenvalue weighted by atomic mass is 32.2. The predicted octanol–water partition coefficient (Wildman–Crippen LogP) is 3.13. The quantitative estimate of drug-likeness (QED) is 0.488. The zero-order valence-electron chi connectivity index (χ0n) is 16.7. The zero-order chi connectivity index (χ0) is 22.6. The van der Waals surface area contributed by atoms with E-state index in [1.54, 1.807) is 41.3 Å². The highest BCUT2D eigenvalue weighted by Crippen LogP contribution is 2.46. The second-order valence-corrected chi connectivity index (χ2v) is 11.7. The number of thioether (sulfide) groups is 1. The lowest BCUT2D eigenvalue weighted by Gasteiger charge is -2.21. The van der Waals surface area contributed by atoms with Crippen LogP contribution < -0.4 is 4.90 Å². The van der Waals surface area contributed by atoms with Crippen LogP contribution in [0, 0.1) is 5.82 Å². The van der Waals surface area contributed by atoms with Crippen LogP contribution in [-0.2, 0) is 26.0 Å². The van der Waals surface area contributed by atoms with Gasteiger partial charge in [0.1, 0.15) is 10.1 Å². The van der Waals surface area contributed by atoms with Gasteiger partial charge in [0.25, 0.3) is 11.8 Å². The maximum Gasteiger partial charge on any atom is 0.267 e. The Morgan fingerprint density at radius 2 is 1.78 bits per heavy atom. The molecule has 0 saturated carbocycles. The molecule has 0 bridgehead atoms. The van der Waals surface area contributed by atoms with Crippen molar-refractivity contribution in [3.8, 4) is 0 Å². The summed E-state index contributed by atoms with van der Waals surface area (Å²) >= 11 is 6.44. The minimum atomic E-state index is -3.20. The molecule has 0 N–H and O–H groups in total. The van der Waals surface area contributed by atoms with Gasteiger partial charge >= 0.3 is 0 Å². The summed E-state index contributed by atoms with van der Waals surface area (Å²) in [5.74, 6) is -1.23. The number of carbonyl (C=O) groups excluding carboxylic acids is 2. The van der Waals surface area contributed by atoms with Gasteiger partial charge in [0.15, 0.2) is 9.84 Å². The van der Waals surface area contributed by atoms with Crippen LogP contribution in [-0.4, -0.2) is 47.0 Å². The van der Waals surface area contributed by atoms with E-state index in [1.807, 2.05) is 0 Å². The van der Waals surface area contributed by atoms with Crippen LogP contribution in [0.4, 0.5) is 10.1 Å². The Bertz CT molecular complexity index is 1300. The number of benzene rings is 2. The number of sulfone groups is 1. The second kappa shape index (κ2) is 7.79. The third-order valence-corrected chi connectivity index (χ3v) is 8.93. The Morgan fingerprint density at radius 3 is 2.47 bits per heavy atom. The van der Waals surface area contributed by atoms with Gasteiger partial charge in [0.05, 0.1) is 40.3 Å². The van der Waals surface area contributed by atoms with Crippen molar-refractivity contribution < 1.29 is 22.4 Å². The van der Waals surface area contributed by atoms with Crippen molar-refractivity contribution in [1.82, 2.24) is 4.90 Å². The molecule has 5 rings (SSSR count). The average molecular weight is 489 g/mol. The van der Waals surface area contributed by atoms with E-state index in [0.29, 0.717) is 17.7 Å². The first-order valence-corrected chi connectivity index (χ1v) is 13.0. The molecule has 6 nitrogen and oxygen atoms in total. The monoisotopic (exact) mass is 488 g/mol. The van der Waals surface area contributed by atoms with Crippen molar-refractivity contribution in [2.45, 2.75) is 19.0 Å². The lowest BCUT2D eigenvalue weighted by Crippen LogP contribution is -2.39. The van der Waals surface area contributed by atoms with E-state index in [1.165, 1.54) is 17.0 Å². The summed E-state index contributed by atoms with van der Waals surface area (Å²) in [6.07, 6.45) is 0.332. The minimum absolute atomic E-state index is 0.0217. The van der Waals surface area contributed by atoms with Gasteiger partial charge in [0.2, 0.25) is 0 Å². The van der Waals surface area contributed by atoms with Crippen molar-refractivity contribution in [3.05, 3.63) is 70.4 Å². The number of carbonyl (C=O) groups is 2. The van der Waals surface area contributed by atoms with E-state index in [-0.39, 0.29) is 44.6 Å². The fourth-order valence-electron chi connectivity index (χ4n) is 4.25. The standard InChI is InChI=1S/C22H17FN2O4S3/c23-14-7-5-13(6-8-14)11-24-17-4-2-1-3-16(17)18(20(24)26)19-21(27)25(22(30)31-19)15-9-10-32(28,29)12-15/h1-8,15H,9-12H2/b19-18+/t15-/m1/s1. The fourth-order valence-corrected chi connectivity index (χ4v) is 7.42. The summed E-state index contributed by atoms with van der Waals surface area (Å²) in [6.45, 7) is 0.223. The van der Waals surface area contributed by atoms with Crippen molar-refractivity contribution >= 4 is 61.2 Å². The first-order chi connectivity index (χ1) is 15.2. The smallest absolute Gasteiger partial charge is 0.267 e. The van der Waals surface area contributed by atoms with E-state index in [2.05, 4.69) is 0 Å². The first kappa shape index (κ1) is 21.3. The normalized spacial score (nSPS) is 24.5.